The maximum atomic E-state index is 11.0. The van der Waals surface area contributed by atoms with Crippen molar-refractivity contribution in [3.05, 3.63) is 23.5 Å². The summed E-state index contributed by atoms with van der Waals surface area (Å²) in [5.74, 6) is 0.198. The lowest BCUT2D eigenvalue weighted by atomic mass is 10.2. The lowest BCUT2D eigenvalue weighted by Crippen LogP contribution is -2.14. The molecule has 4 nitrogen and oxygen atoms in total. The molecular formula is C11H14N2O2. The molecule has 1 amide bonds. The Balaban J connectivity index is 2.27. The monoisotopic (exact) mass is 206 g/mol. The Hall–Kier alpha value is -1.58. The molecule has 0 atom stereocenters. The van der Waals surface area contributed by atoms with Crippen molar-refractivity contribution in [1.82, 2.24) is 4.98 Å². The van der Waals surface area contributed by atoms with Gasteiger partial charge in [-0.25, -0.2) is 4.98 Å². The molecule has 80 valence electrons. The molecule has 1 aromatic rings. The van der Waals surface area contributed by atoms with Crippen LogP contribution >= 0.6 is 0 Å². The summed E-state index contributed by atoms with van der Waals surface area (Å²) in [5.41, 5.74) is 6.31. The van der Waals surface area contributed by atoms with Crippen molar-refractivity contribution in [3.8, 4) is 5.75 Å². The van der Waals surface area contributed by atoms with Crippen LogP contribution in [-0.4, -0.2) is 17.0 Å². The largest absolute Gasteiger partial charge is 0.490 e. The van der Waals surface area contributed by atoms with E-state index in [2.05, 4.69) is 4.98 Å². The number of nitrogens with two attached hydrogens (primary N) is 1. The van der Waals surface area contributed by atoms with Crippen LogP contribution < -0.4 is 10.5 Å². The number of hydrogen-bond donors (Lipinski definition) is 1. The van der Waals surface area contributed by atoms with Crippen LogP contribution in [0.4, 0.5) is 0 Å². The number of hydrogen-bond acceptors (Lipinski definition) is 3. The van der Waals surface area contributed by atoms with E-state index in [1.807, 2.05) is 13.0 Å². The van der Waals surface area contributed by atoms with E-state index < -0.39 is 5.91 Å². The first-order valence-corrected chi connectivity index (χ1v) is 5.16. The van der Waals surface area contributed by atoms with E-state index in [-0.39, 0.29) is 5.69 Å². The zero-order chi connectivity index (χ0) is 10.8. The summed E-state index contributed by atoms with van der Waals surface area (Å²) in [5, 5.41) is 0. The lowest BCUT2D eigenvalue weighted by molar-refractivity contribution is 0.0994. The Morgan fingerprint density at radius 1 is 1.60 bits per heavy atom. The minimum Gasteiger partial charge on any atom is -0.490 e. The van der Waals surface area contributed by atoms with Gasteiger partial charge in [-0.2, -0.15) is 0 Å². The van der Waals surface area contributed by atoms with E-state index in [1.165, 1.54) is 0 Å². The molecule has 1 aliphatic carbocycles. The summed E-state index contributed by atoms with van der Waals surface area (Å²) in [6.07, 6.45) is 3.27. The highest BCUT2D eigenvalue weighted by Crippen LogP contribution is 2.27. The Labute approximate surface area is 88.4 Å². The Kier molecular flexibility index (Phi) is 2.58. The van der Waals surface area contributed by atoms with Crippen LogP contribution in [0.3, 0.4) is 0 Å². The van der Waals surface area contributed by atoms with Crippen LogP contribution in [0, 0.1) is 0 Å². The number of pyridine rings is 1. The van der Waals surface area contributed by atoms with Gasteiger partial charge in [0.15, 0.2) is 0 Å². The maximum absolute atomic E-state index is 11.0. The number of ether oxygens (including phenoxy) is 1. The third kappa shape index (κ3) is 2.46. The molecule has 1 aromatic heterocycles. The molecule has 0 spiro atoms. The second kappa shape index (κ2) is 3.88. The van der Waals surface area contributed by atoms with Crippen LogP contribution in [0.2, 0.25) is 0 Å². The minimum atomic E-state index is -0.508. The minimum absolute atomic E-state index is 0.282. The zero-order valence-electron chi connectivity index (χ0n) is 8.69. The number of nitrogens with zero attached hydrogens (tertiary/aromatic N) is 1. The molecular weight excluding hydrogens is 192 g/mol. The number of aromatic nitrogens is 1. The molecule has 4 heteroatoms. The molecule has 1 fully saturated rings. The summed E-state index contributed by atoms with van der Waals surface area (Å²) >= 11 is 0. The highest BCUT2D eigenvalue weighted by molar-refractivity contribution is 5.91. The molecule has 1 saturated carbocycles. The summed E-state index contributed by atoms with van der Waals surface area (Å²) in [4.78, 5) is 15.2. The van der Waals surface area contributed by atoms with E-state index in [4.69, 9.17) is 10.5 Å². The quantitative estimate of drug-likeness (QED) is 0.807. The Morgan fingerprint density at radius 3 is 2.87 bits per heavy atom. The van der Waals surface area contributed by atoms with Gasteiger partial charge >= 0.3 is 0 Å². The molecule has 0 aromatic carbocycles. The number of aryl methyl sites for hydroxylation is 1. The summed E-state index contributed by atoms with van der Waals surface area (Å²) < 4.78 is 5.61. The SMILES string of the molecule is CCc1cc(OC2CC2)cc(C(N)=O)n1. The number of carbonyl (C=O) groups excluding carboxylic acids is 1. The Bertz CT molecular complexity index is 386. The molecule has 1 heterocycles. The van der Waals surface area contributed by atoms with Crippen molar-refractivity contribution in [2.45, 2.75) is 32.3 Å². The van der Waals surface area contributed by atoms with Crippen molar-refractivity contribution in [2.75, 3.05) is 0 Å². The van der Waals surface area contributed by atoms with E-state index in [9.17, 15) is 4.79 Å². The van der Waals surface area contributed by atoms with E-state index in [0.717, 1.165) is 25.0 Å². The van der Waals surface area contributed by atoms with Crippen molar-refractivity contribution in [1.29, 1.82) is 0 Å². The second-order valence-electron chi connectivity index (χ2n) is 3.71. The van der Waals surface area contributed by atoms with Gasteiger partial charge in [0.05, 0.1) is 6.10 Å². The van der Waals surface area contributed by atoms with Gasteiger partial charge in [0.2, 0.25) is 0 Å². The summed E-state index contributed by atoms with van der Waals surface area (Å²) in [6, 6.07) is 3.48. The number of amides is 1. The Morgan fingerprint density at radius 2 is 2.33 bits per heavy atom. The molecule has 2 rings (SSSR count). The van der Waals surface area contributed by atoms with Gasteiger partial charge in [-0.15, -0.1) is 0 Å². The molecule has 1 aliphatic rings. The standard InChI is InChI=1S/C11H14N2O2/c1-2-7-5-9(15-8-3-4-8)6-10(13-7)11(12)14/h5-6,8H,2-4H2,1H3,(H2,12,14). The third-order valence-corrected chi connectivity index (χ3v) is 2.29. The predicted octanol–water partition coefficient (Wildman–Crippen LogP) is 1.28. The van der Waals surface area contributed by atoms with Crippen LogP contribution in [0.25, 0.3) is 0 Å². The van der Waals surface area contributed by atoms with Gasteiger partial charge in [0, 0.05) is 17.8 Å². The summed E-state index contributed by atoms with van der Waals surface area (Å²) in [6.45, 7) is 1.98. The highest BCUT2D eigenvalue weighted by atomic mass is 16.5. The van der Waals surface area contributed by atoms with Crippen molar-refractivity contribution in [3.63, 3.8) is 0 Å². The van der Waals surface area contributed by atoms with Gasteiger partial charge in [-0.3, -0.25) is 4.79 Å². The molecule has 0 radical (unpaired) electrons. The molecule has 0 unspecified atom stereocenters. The second-order valence-corrected chi connectivity index (χ2v) is 3.71. The van der Waals surface area contributed by atoms with Crippen LogP contribution in [0.1, 0.15) is 35.9 Å². The maximum Gasteiger partial charge on any atom is 0.267 e. The first-order valence-electron chi connectivity index (χ1n) is 5.16. The fourth-order valence-corrected chi connectivity index (χ4v) is 1.31. The number of rotatable bonds is 4. The fourth-order valence-electron chi connectivity index (χ4n) is 1.31. The predicted molar refractivity (Wildman–Crippen MR) is 55.8 cm³/mol. The van der Waals surface area contributed by atoms with Crippen molar-refractivity contribution < 1.29 is 9.53 Å². The van der Waals surface area contributed by atoms with E-state index >= 15 is 0 Å². The zero-order valence-corrected chi connectivity index (χ0v) is 8.69. The van der Waals surface area contributed by atoms with Crippen molar-refractivity contribution in [2.24, 2.45) is 5.73 Å². The molecule has 0 bridgehead atoms. The fraction of sp³-hybridized carbons (Fsp3) is 0.455. The van der Waals surface area contributed by atoms with E-state index in [1.54, 1.807) is 6.07 Å². The number of carbonyl (C=O) groups is 1. The molecule has 0 saturated heterocycles. The molecule has 0 aliphatic heterocycles. The van der Waals surface area contributed by atoms with Crippen molar-refractivity contribution >= 4 is 5.91 Å². The number of primary amides is 1. The van der Waals surface area contributed by atoms with Gasteiger partial charge in [-0.05, 0) is 19.3 Å². The lowest BCUT2D eigenvalue weighted by Gasteiger charge is -2.07. The topological polar surface area (TPSA) is 65.2 Å². The van der Waals surface area contributed by atoms with Crippen LogP contribution in [0.15, 0.2) is 12.1 Å². The molecule has 2 N–H and O–H groups in total. The van der Waals surface area contributed by atoms with E-state index in [0.29, 0.717) is 11.9 Å². The van der Waals surface area contributed by atoms with Gasteiger partial charge in [0.25, 0.3) is 5.91 Å². The highest BCUT2D eigenvalue weighted by Gasteiger charge is 2.24. The smallest absolute Gasteiger partial charge is 0.267 e. The van der Waals surface area contributed by atoms with Crippen LogP contribution in [-0.2, 0) is 6.42 Å². The van der Waals surface area contributed by atoms with Crippen LogP contribution in [0.5, 0.6) is 5.75 Å². The van der Waals surface area contributed by atoms with Gasteiger partial charge in [-0.1, -0.05) is 6.92 Å². The summed E-state index contributed by atoms with van der Waals surface area (Å²) in [7, 11) is 0. The first-order chi connectivity index (χ1) is 7.19. The first kappa shape index (κ1) is 9.96. The normalized spacial score (nSPS) is 15.0. The van der Waals surface area contributed by atoms with Gasteiger partial charge in [0.1, 0.15) is 11.4 Å². The average Bonchev–Trinajstić information content (AvgIpc) is 3.01. The third-order valence-electron chi connectivity index (χ3n) is 2.29. The average molecular weight is 206 g/mol. The molecule has 15 heavy (non-hydrogen) atoms. The van der Waals surface area contributed by atoms with Gasteiger partial charge < -0.3 is 10.5 Å².